The zero-order valence-electron chi connectivity index (χ0n) is 10.8. The van der Waals surface area contributed by atoms with E-state index in [-0.39, 0.29) is 24.1 Å². The van der Waals surface area contributed by atoms with Crippen LogP contribution in [0, 0.1) is 0 Å². The van der Waals surface area contributed by atoms with Crippen LogP contribution < -0.4 is 0 Å². The summed E-state index contributed by atoms with van der Waals surface area (Å²) >= 11 is 0. The molecule has 16 heavy (non-hydrogen) atoms. The Labute approximate surface area is 99.9 Å². The molecular formula is C11H22O4Si. The van der Waals surface area contributed by atoms with Gasteiger partial charge in [0.1, 0.15) is 0 Å². The van der Waals surface area contributed by atoms with Crippen molar-refractivity contribution in [2.24, 2.45) is 0 Å². The molecule has 0 unspecified atom stereocenters. The summed E-state index contributed by atoms with van der Waals surface area (Å²) in [5.41, 5.74) is 0.403. The monoisotopic (exact) mass is 246 g/mol. The summed E-state index contributed by atoms with van der Waals surface area (Å²) in [6.45, 7) is 12.8. The van der Waals surface area contributed by atoms with Gasteiger partial charge in [-0.15, -0.1) is 0 Å². The van der Waals surface area contributed by atoms with Crippen molar-refractivity contribution < 1.29 is 18.7 Å². The minimum absolute atomic E-state index is 0.0554. The van der Waals surface area contributed by atoms with Crippen LogP contribution in [0.1, 0.15) is 34.6 Å². The molecule has 0 amide bonds. The fraction of sp³-hybridized carbons (Fsp3) is 0.727. The quantitative estimate of drug-likeness (QED) is 0.386. The molecule has 5 heteroatoms. The van der Waals surface area contributed by atoms with Crippen molar-refractivity contribution in [3.63, 3.8) is 0 Å². The molecule has 4 nitrogen and oxygen atoms in total. The third kappa shape index (κ3) is 7.61. The van der Waals surface area contributed by atoms with Crippen LogP contribution in [0.4, 0.5) is 0 Å². The molecule has 0 bridgehead atoms. The summed E-state index contributed by atoms with van der Waals surface area (Å²) in [4.78, 5) is 11.2. The molecule has 0 radical (unpaired) electrons. The maximum Gasteiger partial charge on any atom is 0.319 e. The third-order valence-electron chi connectivity index (χ3n) is 1.55. The van der Waals surface area contributed by atoms with Crippen molar-refractivity contribution in [3.8, 4) is 0 Å². The van der Waals surface area contributed by atoms with E-state index in [0.29, 0.717) is 5.57 Å². The van der Waals surface area contributed by atoms with E-state index < -0.39 is 9.76 Å². The molecule has 94 valence electrons. The Bertz CT molecular complexity index is 228. The molecule has 0 fully saturated rings. The van der Waals surface area contributed by atoms with Gasteiger partial charge in [-0.2, -0.15) is 0 Å². The Morgan fingerprint density at radius 3 is 1.88 bits per heavy atom. The first-order valence-corrected chi connectivity index (χ1v) is 6.85. The summed E-state index contributed by atoms with van der Waals surface area (Å²) in [6.07, 6.45) is 0.111. The summed E-state index contributed by atoms with van der Waals surface area (Å²) in [6, 6.07) is 0. The second-order valence-electron chi connectivity index (χ2n) is 4.18. The summed E-state index contributed by atoms with van der Waals surface area (Å²) < 4.78 is 16.2. The largest absolute Gasteiger partial charge is 0.516 e. The molecule has 0 aromatic heterocycles. The van der Waals surface area contributed by atoms with Crippen LogP contribution in [0.25, 0.3) is 0 Å². The Morgan fingerprint density at radius 2 is 1.56 bits per heavy atom. The van der Waals surface area contributed by atoms with E-state index in [9.17, 15) is 4.79 Å². The molecule has 0 atom stereocenters. The lowest BCUT2D eigenvalue weighted by Gasteiger charge is -2.22. The summed E-state index contributed by atoms with van der Waals surface area (Å²) in [5.74, 6) is -0.750. The van der Waals surface area contributed by atoms with Crippen LogP contribution in [0.3, 0.4) is 0 Å². The van der Waals surface area contributed by atoms with Gasteiger partial charge in [0.25, 0.3) is 9.76 Å². The van der Waals surface area contributed by atoms with E-state index in [2.05, 4.69) is 6.58 Å². The number of hydrogen-bond acceptors (Lipinski definition) is 4. The second-order valence-corrected chi connectivity index (χ2v) is 5.47. The maximum absolute atomic E-state index is 11.2. The number of carbonyl (C=O) groups excluding carboxylic acids is 1. The SMILES string of the molecule is C=C(C)C(=O)O[SiH2]C(OC(C)C)OC(C)C. The first-order valence-electron chi connectivity index (χ1n) is 5.46. The van der Waals surface area contributed by atoms with Crippen LogP contribution in [0.5, 0.6) is 0 Å². The molecule has 0 saturated carbocycles. The molecule has 0 aliphatic rings. The van der Waals surface area contributed by atoms with Crippen molar-refractivity contribution in [2.75, 3.05) is 0 Å². The van der Waals surface area contributed by atoms with E-state index in [1.54, 1.807) is 6.92 Å². The van der Waals surface area contributed by atoms with Crippen molar-refractivity contribution in [1.82, 2.24) is 0 Å². The molecular weight excluding hydrogens is 224 g/mol. The van der Waals surface area contributed by atoms with E-state index in [4.69, 9.17) is 13.9 Å². The standard InChI is InChI=1S/C11H22O4Si/c1-7(2)10(12)15-16-11(13-8(3)4)14-9(5)6/h8-9,11H,1,16H2,2-6H3. The van der Waals surface area contributed by atoms with Crippen LogP contribution in [0.15, 0.2) is 12.2 Å². The van der Waals surface area contributed by atoms with E-state index >= 15 is 0 Å². The molecule has 0 aliphatic heterocycles. The van der Waals surface area contributed by atoms with Gasteiger partial charge in [-0.3, -0.25) is 0 Å². The normalized spacial score (nSPS) is 12.0. The van der Waals surface area contributed by atoms with Gasteiger partial charge in [-0.25, -0.2) is 4.79 Å². The number of rotatable bonds is 7. The first kappa shape index (κ1) is 15.3. The van der Waals surface area contributed by atoms with Crippen molar-refractivity contribution in [3.05, 3.63) is 12.2 Å². The van der Waals surface area contributed by atoms with Gasteiger partial charge in [0.05, 0.1) is 12.2 Å². The lowest BCUT2D eigenvalue weighted by Crippen LogP contribution is -2.33. The number of ether oxygens (including phenoxy) is 2. The highest BCUT2D eigenvalue weighted by Crippen LogP contribution is 2.04. The minimum atomic E-state index is -1.21. The minimum Gasteiger partial charge on any atom is -0.516 e. The fourth-order valence-electron chi connectivity index (χ4n) is 0.985. The highest BCUT2D eigenvalue weighted by molar-refractivity contribution is 6.32. The Morgan fingerprint density at radius 1 is 1.12 bits per heavy atom. The number of carbonyl (C=O) groups is 1. The van der Waals surface area contributed by atoms with Crippen LogP contribution >= 0.6 is 0 Å². The molecule has 0 aromatic carbocycles. The van der Waals surface area contributed by atoms with Crippen LogP contribution in [-0.2, 0) is 18.7 Å². The van der Waals surface area contributed by atoms with Gasteiger partial charge >= 0.3 is 5.97 Å². The molecule has 0 heterocycles. The van der Waals surface area contributed by atoms with Gasteiger partial charge < -0.3 is 13.9 Å². The average Bonchev–Trinajstić information content (AvgIpc) is 2.11. The third-order valence-corrected chi connectivity index (χ3v) is 2.63. The van der Waals surface area contributed by atoms with Gasteiger partial charge in [-0.05, 0) is 34.6 Å². The Hall–Kier alpha value is -0.653. The van der Waals surface area contributed by atoms with Crippen molar-refractivity contribution in [1.29, 1.82) is 0 Å². The van der Waals surface area contributed by atoms with Crippen molar-refractivity contribution >= 4 is 15.7 Å². The van der Waals surface area contributed by atoms with Gasteiger partial charge in [0.2, 0.25) is 0 Å². The first-order chi connectivity index (χ1) is 7.32. The summed E-state index contributed by atoms with van der Waals surface area (Å²) in [7, 11) is -1.21. The fourth-order valence-corrected chi connectivity index (χ4v) is 2.45. The highest BCUT2D eigenvalue weighted by Gasteiger charge is 2.17. The molecule has 0 aliphatic carbocycles. The number of hydrogen-bond donors (Lipinski definition) is 0. The molecule has 0 saturated heterocycles. The highest BCUT2D eigenvalue weighted by atomic mass is 28.2. The van der Waals surface area contributed by atoms with E-state index in [1.165, 1.54) is 0 Å². The lowest BCUT2D eigenvalue weighted by atomic mass is 10.4. The topological polar surface area (TPSA) is 44.8 Å². The van der Waals surface area contributed by atoms with Gasteiger partial charge in [0, 0.05) is 5.57 Å². The predicted molar refractivity (Wildman–Crippen MR) is 65.7 cm³/mol. The lowest BCUT2D eigenvalue weighted by molar-refractivity contribution is -0.146. The summed E-state index contributed by atoms with van der Waals surface area (Å²) in [5, 5.41) is 0. The zero-order chi connectivity index (χ0) is 12.7. The predicted octanol–water partition coefficient (Wildman–Crippen LogP) is 1.32. The maximum atomic E-state index is 11.2. The van der Waals surface area contributed by atoms with Crippen LogP contribution in [-0.4, -0.2) is 33.9 Å². The smallest absolute Gasteiger partial charge is 0.319 e. The van der Waals surface area contributed by atoms with Gasteiger partial charge in [0.15, 0.2) is 5.91 Å². The Kier molecular flexibility index (Phi) is 7.28. The van der Waals surface area contributed by atoms with E-state index in [0.717, 1.165) is 0 Å². The van der Waals surface area contributed by atoms with E-state index in [1.807, 2.05) is 27.7 Å². The molecule has 0 aromatic rings. The average molecular weight is 246 g/mol. The molecule has 0 N–H and O–H groups in total. The second kappa shape index (κ2) is 7.59. The molecule has 0 spiro atoms. The molecule has 0 rings (SSSR count). The van der Waals surface area contributed by atoms with Crippen LogP contribution in [0.2, 0.25) is 0 Å². The van der Waals surface area contributed by atoms with Gasteiger partial charge in [-0.1, -0.05) is 6.58 Å². The van der Waals surface area contributed by atoms with Crippen molar-refractivity contribution in [2.45, 2.75) is 52.7 Å². The Balaban J connectivity index is 4.10. The zero-order valence-corrected chi connectivity index (χ0v) is 12.2.